The first-order valence-electron chi connectivity index (χ1n) is 7.08. The third-order valence-corrected chi connectivity index (χ3v) is 3.75. The molecule has 2 N–H and O–H groups in total. The van der Waals surface area contributed by atoms with Gasteiger partial charge in [-0.2, -0.15) is 11.8 Å². The van der Waals surface area contributed by atoms with E-state index in [9.17, 15) is 0 Å². The van der Waals surface area contributed by atoms with Gasteiger partial charge < -0.3 is 10.6 Å². The highest BCUT2D eigenvalue weighted by molar-refractivity contribution is 7.99. The molecule has 0 aliphatic rings. The molecule has 1 aromatic rings. The summed E-state index contributed by atoms with van der Waals surface area (Å²) in [4.78, 5) is 9.11. The number of anilines is 2. The number of aromatic nitrogens is 2. The molecule has 0 aliphatic heterocycles. The summed E-state index contributed by atoms with van der Waals surface area (Å²) < 4.78 is 0. The Labute approximate surface area is 121 Å². The van der Waals surface area contributed by atoms with Crippen LogP contribution in [0.3, 0.4) is 0 Å². The van der Waals surface area contributed by atoms with Gasteiger partial charge in [0.15, 0.2) is 0 Å². The molecular formula is C14H26N4S. The van der Waals surface area contributed by atoms with Crippen molar-refractivity contribution < 1.29 is 0 Å². The van der Waals surface area contributed by atoms with Crippen molar-refractivity contribution in [2.45, 2.75) is 45.3 Å². The summed E-state index contributed by atoms with van der Waals surface area (Å²) in [5.74, 6) is 2.78. The van der Waals surface area contributed by atoms with E-state index in [1.54, 1.807) is 0 Å². The first-order chi connectivity index (χ1) is 9.19. The summed E-state index contributed by atoms with van der Waals surface area (Å²) in [5, 5.41) is 7.32. The van der Waals surface area contributed by atoms with Crippen LogP contribution in [0.5, 0.6) is 0 Å². The molecule has 0 bridgehead atoms. The van der Waals surface area contributed by atoms with Gasteiger partial charge in [0.2, 0.25) is 0 Å². The average Bonchev–Trinajstić information content (AvgIpc) is 2.42. The van der Waals surface area contributed by atoms with Crippen molar-refractivity contribution in [3.05, 3.63) is 11.9 Å². The number of nitrogens with zero attached hydrogens (tertiary/aromatic N) is 2. The molecule has 0 amide bonds. The van der Waals surface area contributed by atoms with E-state index in [4.69, 9.17) is 0 Å². The summed E-state index contributed by atoms with van der Waals surface area (Å²) in [6.07, 6.45) is 5.22. The zero-order valence-electron chi connectivity index (χ0n) is 12.5. The number of hydrogen-bond acceptors (Lipinski definition) is 5. The number of thioether (sulfide) groups is 1. The zero-order valence-corrected chi connectivity index (χ0v) is 13.3. The van der Waals surface area contributed by atoms with Gasteiger partial charge in [-0.3, -0.25) is 0 Å². The Hall–Kier alpha value is -0.970. The fourth-order valence-corrected chi connectivity index (χ4v) is 1.85. The second-order valence-electron chi connectivity index (χ2n) is 4.66. The van der Waals surface area contributed by atoms with Gasteiger partial charge in [0.1, 0.15) is 17.5 Å². The molecular weight excluding hydrogens is 256 g/mol. The second kappa shape index (κ2) is 9.02. The average molecular weight is 282 g/mol. The Bertz CT molecular complexity index is 370. The van der Waals surface area contributed by atoms with Gasteiger partial charge >= 0.3 is 0 Å². The predicted molar refractivity (Wildman–Crippen MR) is 86.3 cm³/mol. The third-order valence-electron chi connectivity index (χ3n) is 2.78. The summed E-state index contributed by atoms with van der Waals surface area (Å²) in [7, 11) is 0. The third kappa shape index (κ3) is 6.14. The van der Waals surface area contributed by atoms with Crippen molar-refractivity contribution in [3.63, 3.8) is 0 Å². The molecule has 0 spiro atoms. The van der Waals surface area contributed by atoms with Gasteiger partial charge in [-0.1, -0.05) is 20.8 Å². The predicted octanol–water partition coefficient (Wildman–Crippen LogP) is 3.41. The number of hydrogen-bond donors (Lipinski definition) is 2. The SMILES string of the molecule is CCCNc1cc(NCC(C)SC)nc(CCC)n1. The molecule has 1 atom stereocenters. The fraction of sp³-hybridized carbons (Fsp3) is 0.714. The summed E-state index contributed by atoms with van der Waals surface area (Å²) >= 11 is 1.86. The first-order valence-corrected chi connectivity index (χ1v) is 8.36. The maximum atomic E-state index is 4.57. The van der Waals surface area contributed by atoms with E-state index in [1.165, 1.54) is 0 Å². The van der Waals surface area contributed by atoms with Crippen LogP contribution >= 0.6 is 11.8 Å². The topological polar surface area (TPSA) is 49.8 Å². The molecule has 1 heterocycles. The van der Waals surface area contributed by atoms with Crippen LogP contribution in [0.25, 0.3) is 0 Å². The normalized spacial score (nSPS) is 12.2. The molecule has 0 radical (unpaired) electrons. The molecule has 1 aromatic heterocycles. The van der Waals surface area contributed by atoms with E-state index in [0.717, 1.165) is 49.8 Å². The van der Waals surface area contributed by atoms with Crippen molar-refractivity contribution in [1.82, 2.24) is 9.97 Å². The van der Waals surface area contributed by atoms with Gasteiger partial charge in [-0.05, 0) is 19.1 Å². The Morgan fingerprint density at radius 3 is 2.42 bits per heavy atom. The van der Waals surface area contributed by atoms with Crippen LogP contribution in [-0.4, -0.2) is 34.6 Å². The largest absolute Gasteiger partial charge is 0.370 e. The second-order valence-corrected chi connectivity index (χ2v) is 5.93. The summed E-state index contributed by atoms with van der Waals surface area (Å²) in [6.45, 7) is 8.39. The van der Waals surface area contributed by atoms with Crippen molar-refractivity contribution in [2.75, 3.05) is 30.0 Å². The molecule has 0 fully saturated rings. The van der Waals surface area contributed by atoms with E-state index in [0.29, 0.717) is 5.25 Å². The molecule has 1 unspecified atom stereocenters. The first kappa shape index (κ1) is 16.1. The maximum Gasteiger partial charge on any atom is 0.133 e. The lowest BCUT2D eigenvalue weighted by Gasteiger charge is -2.13. The minimum absolute atomic E-state index is 0.580. The van der Waals surface area contributed by atoms with E-state index >= 15 is 0 Å². The van der Waals surface area contributed by atoms with Gasteiger partial charge in [0, 0.05) is 30.8 Å². The van der Waals surface area contributed by atoms with Crippen molar-refractivity contribution >= 4 is 23.4 Å². The Morgan fingerprint density at radius 2 is 1.84 bits per heavy atom. The quantitative estimate of drug-likeness (QED) is 0.727. The lowest BCUT2D eigenvalue weighted by Crippen LogP contribution is -2.15. The lowest BCUT2D eigenvalue weighted by molar-refractivity contribution is 0.830. The highest BCUT2D eigenvalue weighted by Crippen LogP contribution is 2.14. The van der Waals surface area contributed by atoms with E-state index in [1.807, 2.05) is 17.8 Å². The molecule has 0 aromatic carbocycles. The highest BCUT2D eigenvalue weighted by atomic mass is 32.2. The Balaban J connectivity index is 2.73. The summed E-state index contributed by atoms with van der Waals surface area (Å²) in [6, 6.07) is 2.00. The Morgan fingerprint density at radius 1 is 1.16 bits per heavy atom. The van der Waals surface area contributed by atoms with Crippen molar-refractivity contribution in [1.29, 1.82) is 0 Å². The van der Waals surface area contributed by atoms with E-state index < -0.39 is 0 Å². The molecule has 4 nitrogen and oxygen atoms in total. The van der Waals surface area contributed by atoms with E-state index in [-0.39, 0.29) is 0 Å². The van der Waals surface area contributed by atoms with Gasteiger partial charge in [-0.15, -0.1) is 0 Å². The van der Waals surface area contributed by atoms with Crippen LogP contribution in [0.1, 0.15) is 39.4 Å². The standard InChI is InChI=1S/C14H26N4S/c1-5-7-12-17-13(15-8-6-2)9-14(18-12)16-10-11(3)19-4/h9,11H,5-8,10H2,1-4H3,(H2,15,16,17,18). The van der Waals surface area contributed by atoms with Crippen LogP contribution in [0, 0.1) is 0 Å². The van der Waals surface area contributed by atoms with Gasteiger partial charge in [0.05, 0.1) is 0 Å². The molecule has 0 saturated heterocycles. The van der Waals surface area contributed by atoms with Crippen molar-refractivity contribution in [2.24, 2.45) is 0 Å². The maximum absolute atomic E-state index is 4.57. The van der Waals surface area contributed by atoms with Crippen molar-refractivity contribution in [3.8, 4) is 0 Å². The van der Waals surface area contributed by atoms with Gasteiger partial charge in [-0.25, -0.2) is 9.97 Å². The lowest BCUT2D eigenvalue weighted by atomic mass is 10.3. The van der Waals surface area contributed by atoms with Crippen LogP contribution in [0.2, 0.25) is 0 Å². The molecule has 19 heavy (non-hydrogen) atoms. The van der Waals surface area contributed by atoms with Crippen LogP contribution in [0.4, 0.5) is 11.6 Å². The minimum atomic E-state index is 0.580. The molecule has 0 aliphatic carbocycles. The fourth-order valence-electron chi connectivity index (χ4n) is 1.60. The number of aryl methyl sites for hydroxylation is 1. The van der Waals surface area contributed by atoms with E-state index in [2.05, 4.69) is 47.6 Å². The van der Waals surface area contributed by atoms with Crippen LogP contribution in [-0.2, 0) is 6.42 Å². The smallest absolute Gasteiger partial charge is 0.133 e. The number of rotatable bonds is 9. The number of nitrogens with one attached hydrogen (secondary N) is 2. The van der Waals surface area contributed by atoms with Crippen LogP contribution < -0.4 is 10.6 Å². The highest BCUT2D eigenvalue weighted by Gasteiger charge is 2.05. The molecule has 1 rings (SSSR count). The van der Waals surface area contributed by atoms with Gasteiger partial charge in [0.25, 0.3) is 0 Å². The summed E-state index contributed by atoms with van der Waals surface area (Å²) in [5.41, 5.74) is 0. The molecule has 5 heteroatoms. The van der Waals surface area contributed by atoms with Crippen LogP contribution in [0.15, 0.2) is 6.07 Å². The molecule has 0 saturated carbocycles. The zero-order chi connectivity index (χ0) is 14.1. The Kier molecular flexibility index (Phi) is 7.63. The molecule has 108 valence electrons. The minimum Gasteiger partial charge on any atom is -0.370 e. The monoisotopic (exact) mass is 282 g/mol.